The molecule has 4 aromatic rings. The van der Waals surface area contributed by atoms with E-state index in [9.17, 15) is 13.2 Å². The van der Waals surface area contributed by atoms with Crippen LogP contribution in [0.4, 0.5) is 0 Å². The zero-order valence-electron chi connectivity index (χ0n) is 19.9. The van der Waals surface area contributed by atoms with E-state index < -0.39 is 15.9 Å². The monoisotopic (exact) mass is 523 g/mol. The van der Waals surface area contributed by atoms with Crippen LogP contribution in [0, 0.1) is 0 Å². The van der Waals surface area contributed by atoms with Gasteiger partial charge in [0.15, 0.2) is 16.3 Å². The van der Waals surface area contributed by atoms with Gasteiger partial charge >= 0.3 is 0 Å². The van der Waals surface area contributed by atoms with Gasteiger partial charge in [0.25, 0.3) is 5.91 Å². The Kier molecular flexibility index (Phi) is 6.65. The van der Waals surface area contributed by atoms with Crippen molar-refractivity contribution >= 4 is 37.5 Å². The normalized spacial score (nSPS) is 13.6. The number of fused-ring (bicyclic) bond motifs is 2. The van der Waals surface area contributed by atoms with Crippen molar-refractivity contribution < 1.29 is 22.7 Å². The Balaban J connectivity index is 1.42. The highest BCUT2D eigenvalue weighted by Crippen LogP contribution is 2.37. The molecule has 186 valence electrons. The number of aryl methyl sites for hydroxylation is 1. The van der Waals surface area contributed by atoms with Crippen molar-refractivity contribution in [2.45, 2.75) is 31.8 Å². The van der Waals surface area contributed by atoms with Gasteiger partial charge in [-0.1, -0.05) is 48.6 Å². The fraction of sp³-hybridized carbons (Fsp3) is 0.231. The molecule has 0 saturated carbocycles. The largest absolute Gasteiger partial charge is 0.454 e. The van der Waals surface area contributed by atoms with E-state index in [4.69, 9.17) is 9.47 Å². The van der Waals surface area contributed by atoms with Crippen LogP contribution in [0.15, 0.2) is 76.6 Å². The summed E-state index contributed by atoms with van der Waals surface area (Å²) in [5, 5.41) is 0. The van der Waals surface area contributed by atoms with Crippen LogP contribution >= 0.6 is 11.3 Å². The van der Waals surface area contributed by atoms with Crippen molar-refractivity contribution in [3.8, 4) is 11.5 Å². The van der Waals surface area contributed by atoms with E-state index in [1.807, 2.05) is 54.0 Å². The molecule has 0 saturated heterocycles. The number of thiazole rings is 1. The molecule has 0 bridgehead atoms. The fourth-order valence-electron chi connectivity index (χ4n) is 4.07. The van der Waals surface area contributed by atoms with Crippen LogP contribution in [0.1, 0.15) is 29.8 Å². The molecule has 5 rings (SSSR count). The number of ether oxygens (including phenoxy) is 2. The van der Waals surface area contributed by atoms with Gasteiger partial charge in [0.05, 0.1) is 15.1 Å². The van der Waals surface area contributed by atoms with Crippen molar-refractivity contribution in [2.24, 2.45) is 4.99 Å². The van der Waals surface area contributed by atoms with Crippen LogP contribution in [-0.4, -0.2) is 36.5 Å². The number of aromatic nitrogens is 1. The molecular formula is C26H25N3O5S2. The first-order valence-corrected chi connectivity index (χ1v) is 13.8. The number of carbonyl (C=O) groups excluding carboxylic acids is 1. The van der Waals surface area contributed by atoms with Gasteiger partial charge in [0, 0.05) is 37.3 Å². The summed E-state index contributed by atoms with van der Waals surface area (Å²) < 4.78 is 41.6. The summed E-state index contributed by atoms with van der Waals surface area (Å²) in [6.07, 6.45) is 0. The van der Waals surface area contributed by atoms with Crippen LogP contribution < -0.4 is 14.3 Å². The lowest BCUT2D eigenvalue weighted by molar-refractivity contribution is 0.0997. The highest BCUT2D eigenvalue weighted by Gasteiger charge is 2.24. The zero-order valence-corrected chi connectivity index (χ0v) is 21.5. The molecule has 2 heterocycles. The van der Waals surface area contributed by atoms with Gasteiger partial charge in [-0.25, -0.2) is 8.42 Å². The molecule has 0 spiro atoms. The minimum atomic E-state index is -3.72. The summed E-state index contributed by atoms with van der Waals surface area (Å²) in [6.45, 7) is 5.21. The van der Waals surface area contributed by atoms with E-state index in [2.05, 4.69) is 4.99 Å². The van der Waals surface area contributed by atoms with E-state index in [0.29, 0.717) is 35.0 Å². The van der Waals surface area contributed by atoms with Crippen molar-refractivity contribution in [3.05, 3.63) is 82.7 Å². The van der Waals surface area contributed by atoms with Gasteiger partial charge in [0.2, 0.25) is 16.8 Å². The SMILES string of the molecule is CCN(Cc1ccccc1)S(=O)(=O)c1ccc(C(=O)N=c2sc3cc4c(cc3n2CC)OCO4)cc1. The molecule has 1 aromatic heterocycles. The topological polar surface area (TPSA) is 90.2 Å². The number of rotatable bonds is 7. The van der Waals surface area contributed by atoms with Crippen molar-refractivity contribution in [1.82, 2.24) is 8.87 Å². The molecular weight excluding hydrogens is 498 g/mol. The van der Waals surface area contributed by atoms with Crippen LogP contribution in [0.3, 0.4) is 0 Å². The lowest BCUT2D eigenvalue weighted by atomic mass is 10.2. The lowest BCUT2D eigenvalue weighted by Crippen LogP contribution is -2.30. The van der Waals surface area contributed by atoms with E-state index in [0.717, 1.165) is 15.8 Å². The van der Waals surface area contributed by atoms with Gasteiger partial charge in [-0.3, -0.25) is 4.79 Å². The average Bonchev–Trinajstić information content (AvgIpc) is 3.49. The molecule has 8 nitrogen and oxygen atoms in total. The van der Waals surface area contributed by atoms with Gasteiger partial charge in [-0.2, -0.15) is 9.30 Å². The molecule has 0 radical (unpaired) electrons. The number of sulfonamides is 1. The Morgan fingerprint density at radius 2 is 1.72 bits per heavy atom. The Morgan fingerprint density at radius 1 is 1.03 bits per heavy atom. The van der Waals surface area contributed by atoms with E-state index in [-0.39, 0.29) is 18.2 Å². The number of nitrogens with zero attached hydrogens (tertiary/aromatic N) is 3. The minimum absolute atomic E-state index is 0.136. The Bertz CT molecular complexity index is 1590. The maximum Gasteiger partial charge on any atom is 0.279 e. The second kappa shape index (κ2) is 9.88. The molecule has 10 heteroatoms. The number of hydrogen-bond acceptors (Lipinski definition) is 6. The third-order valence-electron chi connectivity index (χ3n) is 5.98. The number of carbonyl (C=O) groups is 1. The van der Waals surface area contributed by atoms with E-state index >= 15 is 0 Å². The van der Waals surface area contributed by atoms with Gasteiger partial charge in [-0.15, -0.1) is 0 Å². The van der Waals surface area contributed by atoms with Gasteiger partial charge < -0.3 is 14.0 Å². The van der Waals surface area contributed by atoms with Gasteiger partial charge in [-0.05, 0) is 36.8 Å². The molecule has 36 heavy (non-hydrogen) atoms. The fourth-order valence-corrected chi connectivity index (χ4v) is 6.61. The maximum atomic E-state index is 13.2. The summed E-state index contributed by atoms with van der Waals surface area (Å²) in [6, 6.07) is 19.2. The summed E-state index contributed by atoms with van der Waals surface area (Å²) in [7, 11) is -3.72. The molecule has 0 aliphatic carbocycles. The van der Waals surface area contributed by atoms with E-state index in [1.54, 1.807) is 6.92 Å². The van der Waals surface area contributed by atoms with Crippen LogP contribution in [0.5, 0.6) is 11.5 Å². The van der Waals surface area contributed by atoms with Crippen molar-refractivity contribution in [3.63, 3.8) is 0 Å². The Hall–Kier alpha value is -3.47. The standard InChI is InChI=1S/C26H25N3O5S2/c1-3-28(16-18-8-6-5-7-9-18)36(31,32)20-12-10-19(11-13-20)25(30)27-26-29(4-2)21-14-22-23(34-17-33-22)15-24(21)35-26/h5-15H,3-4,16-17H2,1-2H3. The van der Waals surface area contributed by atoms with Crippen LogP contribution in [0.2, 0.25) is 0 Å². The lowest BCUT2D eigenvalue weighted by Gasteiger charge is -2.20. The summed E-state index contributed by atoms with van der Waals surface area (Å²) >= 11 is 1.39. The molecule has 0 N–H and O–H groups in total. The van der Waals surface area contributed by atoms with Crippen molar-refractivity contribution in [1.29, 1.82) is 0 Å². The second-order valence-electron chi connectivity index (χ2n) is 8.16. The quantitative estimate of drug-likeness (QED) is 0.358. The smallest absolute Gasteiger partial charge is 0.279 e. The highest BCUT2D eigenvalue weighted by molar-refractivity contribution is 7.89. The molecule has 1 amide bonds. The Labute approximate surface area is 213 Å². The second-order valence-corrected chi connectivity index (χ2v) is 11.1. The minimum Gasteiger partial charge on any atom is -0.454 e. The number of hydrogen-bond donors (Lipinski definition) is 0. The molecule has 1 aliphatic heterocycles. The molecule has 0 fully saturated rings. The summed E-state index contributed by atoms with van der Waals surface area (Å²) in [5.74, 6) is 0.907. The molecule has 0 atom stereocenters. The molecule has 1 aliphatic rings. The predicted octanol–water partition coefficient (Wildman–Crippen LogP) is 4.40. The highest BCUT2D eigenvalue weighted by atomic mass is 32.2. The Morgan fingerprint density at radius 3 is 2.39 bits per heavy atom. The number of benzene rings is 3. The van der Waals surface area contributed by atoms with Gasteiger partial charge in [0.1, 0.15) is 0 Å². The average molecular weight is 524 g/mol. The van der Waals surface area contributed by atoms with E-state index in [1.165, 1.54) is 39.9 Å². The molecule has 3 aromatic carbocycles. The van der Waals surface area contributed by atoms with Crippen LogP contribution in [0.25, 0.3) is 10.2 Å². The van der Waals surface area contributed by atoms with Crippen LogP contribution in [-0.2, 0) is 23.1 Å². The zero-order chi connectivity index (χ0) is 25.3. The predicted molar refractivity (Wildman–Crippen MR) is 138 cm³/mol. The first kappa shape index (κ1) is 24.2. The maximum absolute atomic E-state index is 13.2. The first-order chi connectivity index (χ1) is 17.4. The molecule has 0 unspecified atom stereocenters. The third-order valence-corrected chi connectivity index (χ3v) is 8.96. The van der Waals surface area contributed by atoms with Crippen molar-refractivity contribution in [2.75, 3.05) is 13.3 Å². The third kappa shape index (κ3) is 4.55. The first-order valence-electron chi connectivity index (χ1n) is 11.6. The summed E-state index contributed by atoms with van der Waals surface area (Å²) in [4.78, 5) is 18.0. The summed E-state index contributed by atoms with van der Waals surface area (Å²) in [5.41, 5.74) is 2.14. The number of amides is 1.